The fourth-order valence-corrected chi connectivity index (χ4v) is 9.56. The lowest BCUT2D eigenvalue weighted by atomic mass is 9.73. The van der Waals surface area contributed by atoms with Gasteiger partial charge in [0.1, 0.15) is 24.2 Å². The first-order valence-electron chi connectivity index (χ1n) is 17.7. The van der Waals surface area contributed by atoms with Crippen molar-refractivity contribution in [1.82, 2.24) is 8.75 Å². The Hall–Kier alpha value is -7.40. The van der Waals surface area contributed by atoms with Crippen molar-refractivity contribution >= 4 is 68.4 Å². The maximum absolute atomic E-state index is 10.00. The van der Waals surface area contributed by atoms with E-state index in [2.05, 4.69) is 112 Å². The molecule has 0 unspecified atom stereocenters. The number of hydrogen-bond donors (Lipinski definition) is 0. The average Bonchev–Trinajstić information content (AvgIpc) is 4.00. The van der Waals surface area contributed by atoms with Crippen LogP contribution in [0.5, 0.6) is 0 Å². The molecule has 262 valence electrons. The van der Waals surface area contributed by atoms with Gasteiger partial charge in [-0.1, -0.05) is 92.7 Å². The minimum Gasteiger partial charge on any atom is -0.310 e. The number of allylic oxidation sites excluding steroid dienone is 4. The van der Waals surface area contributed by atoms with E-state index in [1.807, 2.05) is 54.6 Å². The summed E-state index contributed by atoms with van der Waals surface area (Å²) >= 11 is 2.81. The number of anilines is 3. The highest BCUT2D eigenvalue weighted by Crippen LogP contribution is 2.53. The molecule has 9 heteroatoms. The van der Waals surface area contributed by atoms with Crippen LogP contribution in [0.25, 0.3) is 63.7 Å². The van der Waals surface area contributed by atoms with Crippen molar-refractivity contribution in [3.63, 3.8) is 0 Å². The Balaban J connectivity index is 1.14. The second-order valence-corrected chi connectivity index (χ2v) is 15.5. The van der Waals surface area contributed by atoms with Gasteiger partial charge in [-0.05, 0) is 81.9 Å². The highest BCUT2D eigenvalue weighted by Gasteiger charge is 2.38. The van der Waals surface area contributed by atoms with Crippen molar-refractivity contribution in [1.29, 1.82) is 5.26 Å². The molecule has 3 heterocycles. The molecule has 0 saturated heterocycles. The van der Waals surface area contributed by atoms with E-state index < -0.39 is 0 Å². The van der Waals surface area contributed by atoms with E-state index in [1.54, 1.807) is 11.3 Å². The molecule has 1 aliphatic heterocycles. The van der Waals surface area contributed by atoms with Gasteiger partial charge in [-0.15, -0.1) is 11.3 Å². The van der Waals surface area contributed by atoms with Crippen LogP contribution in [0, 0.1) is 31.0 Å². The molecule has 1 aliphatic carbocycles. The lowest BCUT2D eigenvalue weighted by Gasteiger charge is -2.42. The monoisotopic (exact) mass is 753 g/mol. The summed E-state index contributed by atoms with van der Waals surface area (Å²) in [7, 11) is 0. The summed E-state index contributed by atoms with van der Waals surface area (Å²) in [6.07, 6.45) is 1.84. The normalized spacial score (nSPS) is 15.2. The van der Waals surface area contributed by atoms with E-state index in [-0.39, 0.29) is 16.9 Å². The van der Waals surface area contributed by atoms with Crippen LogP contribution in [0.4, 0.5) is 17.1 Å². The van der Waals surface area contributed by atoms with Gasteiger partial charge in [-0.2, -0.15) is 18.4 Å². The molecule has 0 N–H and O–H groups in total. The predicted octanol–water partition coefficient (Wildman–Crippen LogP) is 13.0. The standard InChI is InChI=1S/C47H27N7S2/c1-47(2)35-17-11-12-18-38(35)54(30-13-7-6-8-14-30)39-22-20-28(26-36(39)47)40-23-24-41(55-40)33-21-19-29(44-45(33)53-56-52-44)25-34-42(37(27-48)49-3)31-15-9-10-16-32(31)43(34)46(50-4)51-5/h6-26H,1-2H3/b34-25?,42-37-. The number of benzene rings is 5. The van der Waals surface area contributed by atoms with Gasteiger partial charge in [-0.3, -0.25) is 0 Å². The van der Waals surface area contributed by atoms with Crippen LogP contribution in [-0.2, 0) is 5.41 Å². The molecular weight excluding hydrogens is 727 g/mol. The molecule has 9 rings (SSSR count). The van der Waals surface area contributed by atoms with E-state index in [9.17, 15) is 5.26 Å². The van der Waals surface area contributed by atoms with Gasteiger partial charge in [0.25, 0.3) is 5.70 Å². The summed E-state index contributed by atoms with van der Waals surface area (Å²) in [4.78, 5) is 15.2. The number of para-hydroxylation sites is 2. The Labute approximate surface area is 332 Å². The fraction of sp³-hybridized carbons (Fsp3) is 0.0638. The molecule has 0 radical (unpaired) electrons. The summed E-state index contributed by atoms with van der Waals surface area (Å²) in [5.41, 5.74) is 12.4. The number of thiophene rings is 1. The van der Waals surface area contributed by atoms with Crippen LogP contribution in [-0.4, -0.2) is 8.75 Å². The third-order valence-electron chi connectivity index (χ3n) is 10.5. The molecule has 0 spiro atoms. The summed E-state index contributed by atoms with van der Waals surface area (Å²) in [6, 6.07) is 43.6. The molecule has 5 aromatic carbocycles. The summed E-state index contributed by atoms with van der Waals surface area (Å²) in [5.74, 6) is -0.126. The maximum atomic E-state index is 10.00. The van der Waals surface area contributed by atoms with Gasteiger partial charge in [-0.25, -0.2) is 10.1 Å². The van der Waals surface area contributed by atoms with Crippen molar-refractivity contribution < 1.29 is 0 Å². The lowest BCUT2D eigenvalue weighted by Crippen LogP contribution is -2.30. The summed E-state index contributed by atoms with van der Waals surface area (Å²) in [6.45, 7) is 28.0. The average molecular weight is 754 g/mol. The zero-order valence-electron chi connectivity index (χ0n) is 30.1. The molecule has 0 fully saturated rings. The topological polar surface area (TPSA) is 65.9 Å². The number of nitriles is 1. The fourth-order valence-electron chi connectivity index (χ4n) is 7.95. The zero-order valence-corrected chi connectivity index (χ0v) is 31.7. The third-order valence-corrected chi connectivity index (χ3v) is 12.2. The van der Waals surface area contributed by atoms with Crippen LogP contribution >= 0.6 is 23.1 Å². The minimum atomic E-state index is -0.228. The number of nitrogens with zero attached hydrogens (tertiary/aromatic N) is 7. The van der Waals surface area contributed by atoms with Crippen molar-refractivity contribution in [3.8, 4) is 27.0 Å². The number of hydrogen-bond acceptors (Lipinski definition) is 6. The minimum absolute atomic E-state index is 0.106. The molecule has 0 atom stereocenters. The van der Waals surface area contributed by atoms with Gasteiger partial charge in [0.15, 0.2) is 0 Å². The zero-order chi connectivity index (χ0) is 38.6. The Morgan fingerprint density at radius 3 is 2.12 bits per heavy atom. The first-order valence-corrected chi connectivity index (χ1v) is 19.2. The maximum Gasteiger partial charge on any atom is 0.527 e. The Kier molecular flexibility index (Phi) is 8.27. The van der Waals surface area contributed by atoms with Gasteiger partial charge < -0.3 is 4.90 Å². The van der Waals surface area contributed by atoms with Crippen LogP contribution in [0.3, 0.4) is 0 Å². The van der Waals surface area contributed by atoms with Crippen molar-refractivity contribution in [2.45, 2.75) is 19.3 Å². The Morgan fingerprint density at radius 2 is 1.38 bits per heavy atom. The molecule has 0 amide bonds. The van der Waals surface area contributed by atoms with Crippen LogP contribution in [0.2, 0.25) is 0 Å². The second-order valence-electron chi connectivity index (χ2n) is 13.8. The third kappa shape index (κ3) is 5.27. The van der Waals surface area contributed by atoms with E-state index in [1.165, 1.54) is 22.5 Å². The van der Waals surface area contributed by atoms with Gasteiger partial charge in [0.05, 0.1) is 41.3 Å². The second kappa shape index (κ2) is 13.5. The molecule has 0 saturated carbocycles. The smallest absolute Gasteiger partial charge is 0.310 e. The molecule has 7 nitrogen and oxygen atoms in total. The molecular formula is C47H27N7S2. The van der Waals surface area contributed by atoms with Gasteiger partial charge >= 0.3 is 5.82 Å². The quantitative estimate of drug-likeness (QED) is 0.133. The van der Waals surface area contributed by atoms with Crippen molar-refractivity contribution in [2.24, 2.45) is 0 Å². The number of rotatable bonds is 4. The molecule has 2 aromatic heterocycles. The molecule has 2 aliphatic rings. The predicted molar refractivity (Wildman–Crippen MR) is 227 cm³/mol. The Bertz CT molecular complexity index is 2960. The molecule has 56 heavy (non-hydrogen) atoms. The highest BCUT2D eigenvalue weighted by molar-refractivity contribution is 7.19. The summed E-state index contributed by atoms with van der Waals surface area (Å²) in [5, 5.41) is 10.00. The number of aromatic nitrogens is 2. The lowest BCUT2D eigenvalue weighted by molar-refractivity contribution is 0.632. The first-order chi connectivity index (χ1) is 27.4. The van der Waals surface area contributed by atoms with Crippen LogP contribution in [0.1, 0.15) is 41.7 Å². The Morgan fingerprint density at radius 1 is 0.696 bits per heavy atom. The van der Waals surface area contributed by atoms with Gasteiger partial charge in [0, 0.05) is 37.6 Å². The largest absolute Gasteiger partial charge is 0.527 e. The van der Waals surface area contributed by atoms with E-state index in [0.717, 1.165) is 43.8 Å². The van der Waals surface area contributed by atoms with E-state index >= 15 is 0 Å². The van der Waals surface area contributed by atoms with Crippen molar-refractivity contribution in [3.05, 3.63) is 200 Å². The molecule has 0 bridgehead atoms. The van der Waals surface area contributed by atoms with E-state index in [4.69, 9.17) is 28.5 Å². The van der Waals surface area contributed by atoms with Gasteiger partial charge in [0.2, 0.25) is 0 Å². The van der Waals surface area contributed by atoms with Crippen molar-refractivity contribution in [2.75, 3.05) is 4.90 Å². The van der Waals surface area contributed by atoms with E-state index in [0.29, 0.717) is 38.9 Å². The van der Waals surface area contributed by atoms with Crippen LogP contribution < -0.4 is 4.90 Å². The van der Waals surface area contributed by atoms with Crippen LogP contribution in [0.15, 0.2) is 138 Å². The summed E-state index contributed by atoms with van der Waals surface area (Å²) < 4.78 is 9.44. The SMILES string of the molecule is [C-]#[N+]C([N+]#[C-])=C1C(=Cc2ccc(-c3ccc(-c4ccc5c(c4)C(C)(C)c4ccccc4N5c4ccccc4)s3)c3nsnc23)/C(=C(/C#N)[N+]#[C-])c2ccccc21. The number of fused-ring (bicyclic) bond motifs is 4. The first kappa shape index (κ1) is 34.4. The molecule has 7 aromatic rings. The highest BCUT2D eigenvalue weighted by atomic mass is 32.1.